The standard InChI is InChI=1S/C30H19BrN2O/c31-25-15-14-23-27-21(25)12-7-13-22(27)29-32-26-17-20(18-8-3-1-4-9-18)16-24(19-10-5-2-6-11-19)28(26)33(29)30(23)34/h1-17,29,32H. The van der Waals surface area contributed by atoms with Gasteiger partial charge in [0, 0.05) is 26.5 Å². The van der Waals surface area contributed by atoms with Crippen LogP contribution in [-0.2, 0) is 0 Å². The quantitative estimate of drug-likeness (QED) is 0.265. The first kappa shape index (κ1) is 19.6. The molecule has 4 heteroatoms. The van der Waals surface area contributed by atoms with Gasteiger partial charge < -0.3 is 5.32 Å². The monoisotopic (exact) mass is 502 g/mol. The Kier molecular flexibility index (Phi) is 4.20. The Morgan fingerprint density at radius 3 is 2.21 bits per heavy atom. The molecule has 1 N–H and O–H groups in total. The minimum atomic E-state index is -0.249. The molecule has 2 aliphatic rings. The highest BCUT2D eigenvalue weighted by Crippen LogP contribution is 2.53. The molecule has 1 amide bonds. The number of nitrogens with zero attached hydrogens (tertiary/aromatic N) is 1. The lowest BCUT2D eigenvalue weighted by Crippen LogP contribution is -2.38. The van der Waals surface area contributed by atoms with Gasteiger partial charge in [-0.1, -0.05) is 94.8 Å². The zero-order valence-corrected chi connectivity index (χ0v) is 19.7. The fourth-order valence-electron chi connectivity index (χ4n) is 5.35. The van der Waals surface area contributed by atoms with Crippen molar-refractivity contribution in [3.63, 3.8) is 0 Å². The van der Waals surface area contributed by atoms with Crippen LogP contribution >= 0.6 is 15.9 Å². The van der Waals surface area contributed by atoms with E-state index >= 15 is 0 Å². The Morgan fingerprint density at radius 1 is 0.706 bits per heavy atom. The minimum Gasteiger partial charge on any atom is -0.359 e. The van der Waals surface area contributed by atoms with Gasteiger partial charge in [-0.05, 0) is 46.3 Å². The number of halogens is 1. The summed E-state index contributed by atoms with van der Waals surface area (Å²) >= 11 is 3.67. The normalized spacial score (nSPS) is 15.7. The van der Waals surface area contributed by atoms with Crippen molar-refractivity contribution >= 4 is 44.0 Å². The maximum absolute atomic E-state index is 14.0. The molecule has 0 aliphatic carbocycles. The van der Waals surface area contributed by atoms with Gasteiger partial charge in [-0.25, -0.2) is 0 Å². The Balaban J connectivity index is 1.50. The summed E-state index contributed by atoms with van der Waals surface area (Å²) in [5.41, 5.74) is 8.18. The molecular weight excluding hydrogens is 484 g/mol. The number of rotatable bonds is 2. The first-order valence-electron chi connectivity index (χ1n) is 11.3. The molecular formula is C30H19BrN2O. The lowest BCUT2D eigenvalue weighted by atomic mass is 9.92. The van der Waals surface area contributed by atoms with Crippen molar-refractivity contribution in [1.82, 2.24) is 0 Å². The molecule has 3 nitrogen and oxygen atoms in total. The highest BCUT2D eigenvalue weighted by molar-refractivity contribution is 9.10. The number of amides is 1. The van der Waals surface area contributed by atoms with Gasteiger partial charge in [-0.15, -0.1) is 0 Å². The first-order valence-corrected chi connectivity index (χ1v) is 12.1. The highest BCUT2D eigenvalue weighted by Gasteiger charge is 2.42. The SMILES string of the molecule is O=C1c2ccc(Br)c3cccc(c23)C2Nc3cc(-c4ccccc4)cc(-c4ccccc4)c3N12. The van der Waals surface area contributed by atoms with Crippen LogP contribution in [0.4, 0.5) is 11.4 Å². The summed E-state index contributed by atoms with van der Waals surface area (Å²) in [6, 6.07) is 35.3. The number of anilines is 2. The third-order valence-corrected chi connectivity index (χ3v) is 7.55. The largest absolute Gasteiger partial charge is 0.359 e. The van der Waals surface area contributed by atoms with E-state index in [1.165, 1.54) is 0 Å². The summed E-state index contributed by atoms with van der Waals surface area (Å²) in [6.45, 7) is 0. The van der Waals surface area contributed by atoms with Crippen LogP contribution in [0.2, 0.25) is 0 Å². The molecule has 2 heterocycles. The van der Waals surface area contributed by atoms with Gasteiger partial charge in [0.25, 0.3) is 5.91 Å². The molecule has 34 heavy (non-hydrogen) atoms. The topological polar surface area (TPSA) is 32.3 Å². The van der Waals surface area contributed by atoms with E-state index in [4.69, 9.17) is 0 Å². The first-order chi connectivity index (χ1) is 16.7. The second kappa shape index (κ2) is 7.31. The number of benzene rings is 5. The third kappa shape index (κ3) is 2.72. The van der Waals surface area contributed by atoms with Crippen LogP contribution in [-0.4, -0.2) is 5.91 Å². The Hall–Kier alpha value is -3.89. The second-order valence-corrected chi connectivity index (χ2v) is 9.59. The fourth-order valence-corrected chi connectivity index (χ4v) is 5.81. The molecule has 0 fully saturated rings. The van der Waals surface area contributed by atoms with E-state index in [0.29, 0.717) is 0 Å². The molecule has 2 aliphatic heterocycles. The van der Waals surface area contributed by atoms with E-state index in [1.807, 2.05) is 41.3 Å². The van der Waals surface area contributed by atoms with Gasteiger partial charge in [0.2, 0.25) is 0 Å². The van der Waals surface area contributed by atoms with Gasteiger partial charge in [0.1, 0.15) is 6.17 Å². The molecule has 0 saturated heterocycles. The van der Waals surface area contributed by atoms with Crippen molar-refractivity contribution in [2.75, 3.05) is 10.2 Å². The van der Waals surface area contributed by atoms with Gasteiger partial charge in [-0.2, -0.15) is 0 Å². The maximum atomic E-state index is 14.0. The van der Waals surface area contributed by atoms with Gasteiger partial charge in [0.15, 0.2) is 0 Å². The fraction of sp³-hybridized carbons (Fsp3) is 0.0333. The van der Waals surface area contributed by atoms with E-state index in [0.717, 1.165) is 60.0 Å². The smallest absolute Gasteiger partial charge is 0.260 e. The molecule has 0 aromatic heterocycles. The maximum Gasteiger partial charge on any atom is 0.260 e. The Bertz CT molecular complexity index is 1610. The van der Waals surface area contributed by atoms with E-state index < -0.39 is 0 Å². The molecule has 162 valence electrons. The van der Waals surface area contributed by atoms with E-state index in [-0.39, 0.29) is 12.1 Å². The Labute approximate surface area is 205 Å². The lowest BCUT2D eigenvalue weighted by Gasteiger charge is -2.32. The van der Waals surface area contributed by atoms with Crippen molar-refractivity contribution in [3.05, 3.63) is 119 Å². The van der Waals surface area contributed by atoms with Crippen LogP contribution in [0.15, 0.2) is 108 Å². The lowest BCUT2D eigenvalue weighted by molar-refractivity contribution is 0.0980. The van der Waals surface area contributed by atoms with E-state index in [1.54, 1.807) is 0 Å². The number of hydrogen-bond donors (Lipinski definition) is 1. The van der Waals surface area contributed by atoms with E-state index in [9.17, 15) is 4.79 Å². The highest BCUT2D eigenvalue weighted by atomic mass is 79.9. The van der Waals surface area contributed by atoms with Crippen molar-refractivity contribution in [3.8, 4) is 22.3 Å². The van der Waals surface area contributed by atoms with Gasteiger partial charge in [0.05, 0.1) is 11.4 Å². The predicted octanol–water partition coefficient (Wildman–Crippen LogP) is 8.02. The molecule has 5 aromatic rings. The number of fused-ring (bicyclic) bond motifs is 4. The molecule has 7 rings (SSSR count). The van der Waals surface area contributed by atoms with Crippen LogP contribution in [0, 0.1) is 0 Å². The number of nitrogens with one attached hydrogen (secondary N) is 1. The summed E-state index contributed by atoms with van der Waals surface area (Å²) in [5.74, 6) is 0.0251. The van der Waals surface area contributed by atoms with Crippen LogP contribution in [0.1, 0.15) is 22.1 Å². The summed E-state index contributed by atoms with van der Waals surface area (Å²) in [5, 5.41) is 5.78. The molecule has 0 bridgehead atoms. The predicted molar refractivity (Wildman–Crippen MR) is 142 cm³/mol. The van der Waals surface area contributed by atoms with Crippen molar-refractivity contribution < 1.29 is 4.79 Å². The molecule has 1 unspecified atom stereocenters. The van der Waals surface area contributed by atoms with Gasteiger partial charge >= 0.3 is 0 Å². The molecule has 1 atom stereocenters. The summed E-state index contributed by atoms with van der Waals surface area (Å²) in [7, 11) is 0. The number of hydrogen-bond acceptors (Lipinski definition) is 2. The molecule has 0 spiro atoms. The van der Waals surface area contributed by atoms with Crippen molar-refractivity contribution in [1.29, 1.82) is 0 Å². The van der Waals surface area contributed by atoms with Gasteiger partial charge in [-0.3, -0.25) is 9.69 Å². The zero-order chi connectivity index (χ0) is 22.8. The number of carbonyl (C=O) groups excluding carboxylic acids is 1. The van der Waals surface area contributed by atoms with E-state index in [2.05, 4.69) is 88.0 Å². The summed E-state index contributed by atoms with van der Waals surface area (Å²) < 4.78 is 1.00. The molecule has 0 saturated carbocycles. The second-order valence-electron chi connectivity index (χ2n) is 8.74. The average Bonchev–Trinajstić information content (AvgIpc) is 3.29. The Morgan fingerprint density at radius 2 is 1.44 bits per heavy atom. The van der Waals surface area contributed by atoms with Crippen LogP contribution in [0.25, 0.3) is 33.0 Å². The van der Waals surface area contributed by atoms with Crippen LogP contribution in [0.3, 0.4) is 0 Å². The molecule has 5 aromatic carbocycles. The summed E-state index contributed by atoms with van der Waals surface area (Å²) in [4.78, 5) is 15.9. The van der Waals surface area contributed by atoms with Crippen molar-refractivity contribution in [2.24, 2.45) is 0 Å². The summed E-state index contributed by atoms with van der Waals surface area (Å²) in [6.07, 6.45) is -0.249. The third-order valence-electron chi connectivity index (χ3n) is 6.86. The zero-order valence-electron chi connectivity index (χ0n) is 18.1. The van der Waals surface area contributed by atoms with Crippen LogP contribution < -0.4 is 10.2 Å². The average molecular weight is 503 g/mol. The number of carbonyl (C=O) groups is 1. The minimum absolute atomic E-state index is 0.0251. The van der Waals surface area contributed by atoms with Crippen LogP contribution in [0.5, 0.6) is 0 Å². The van der Waals surface area contributed by atoms with Crippen molar-refractivity contribution in [2.45, 2.75) is 6.17 Å². The molecule has 0 radical (unpaired) electrons.